The van der Waals surface area contributed by atoms with Crippen molar-refractivity contribution < 1.29 is 14.9 Å². The van der Waals surface area contributed by atoms with E-state index in [2.05, 4.69) is 4.98 Å². The van der Waals surface area contributed by atoms with Crippen LogP contribution in [0.1, 0.15) is 40.6 Å². The number of aliphatic hydroxyl groups excluding tert-OH is 1. The summed E-state index contributed by atoms with van der Waals surface area (Å²) in [5.74, 6) is 1.03. The highest BCUT2D eigenvalue weighted by Crippen LogP contribution is 2.34. The van der Waals surface area contributed by atoms with Crippen LogP contribution < -0.4 is 0 Å². The number of aromatic nitrogens is 2. The normalized spacial score (nSPS) is 12.7. The molecule has 0 unspecified atom stereocenters. The van der Waals surface area contributed by atoms with Gasteiger partial charge in [-0.15, -0.1) is 0 Å². The van der Waals surface area contributed by atoms with Gasteiger partial charge in [0, 0.05) is 19.7 Å². The standard InChI is InChI=1S/C21H26N2O3/c1-13-7-5-6-8-16(13)19(24)10-9-17-15(12-26-4)11-18-20(21(17)25)22-14(2)23(18)3/h5-8,11,19,24-25H,9-10,12H2,1-4H3/t19-/m1/s1. The summed E-state index contributed by atoms with van der Waals surface area (Å²) in [6, 6.07) is 9.86. The maximum atomic E-state index is 10.8. The van der Waals surface area contributed by atoms with Gasteiger partial charge in [-0.1, -0.05) is 24.3 Å². The van der Waals surface area contributed by atoms with Gasteiger partial charge >= 0.3 is 0 Å². The van der Waals surface area contributed by atoms with E-state index in [1.54, 1.807) is 7.11 Å². The molecule has 2 aromatic carbocycles. The average molecular weight is 354 g/mol. The molecule has 138 valence electrons. The summed E-state index contributed by atoms with van der Waals surface area (Å²) in [7, 11) is 3.57. The number of rotatable bonds is 6. The first-order valence-electron chi connectivity index (χ1n) is 8.83. The summed E-state index contributed by atoms with van der Waals surface area (Å²) in [5.41, 5.74) is 5.20. The Labute approximate surface area is 153 Å². The number of aromatic hydroxyl groups is 1. The number of phenols is 1. The van der Waals surface area contributed by atoms with Gasteiger partial charge in [0.1, 0.15) is 17.1 Å². The van der Waals surface area contributed by atoms with Crippen LogP contribution in [-0.2, 0) is 24.8 Å². The van der Waals surface area contributed by atoms with E-state index in [0.717, 1.165) is 33.6 Å². The minimum absolute atomic E-state index is 0.190. The fraction of sp³-hybridized carbons (Fsp3) is 0.381. The Balaban J connectivity index is 1.94. The number of ether oxygens (including phenoxy) is 1. The summed E-state index contributed by atoms with van der Waals surface area (Å²) in [5, 5.41) is 21.4. The molecule has 0 radical (unpaired) electrons. The largest absolute Gasteiger partial charge is 0.505 e. The summed E-state index contributed by atoms with van der Waals surface area (Å²) in [4.78, 5) is 4.48. The molecular formula is C21H26N2O3. The van der Waals surface area contributed by atoms with E-state index in [0.29, 0.717) is 25.0 Å². The number of methoxy groups -OCH3 is 1. The van der Waals surface area contributed by atoms with Crippen molar-refractivity contribution in [2.24, 2.45) is 7.05 Å². The Hall–Kier alpha value is -2.37. The number of nitrogens with zero attached hydrogens (tertiary/aromatic N) is 2. The lowest BCUT2D eigenvalue weighted by Crippen LogP contribution is -2.05. The number of hydrogen-bond donors (Lipinski definition) is 2. The van der Waals surface area contributed by atoms with Crippen molar-refractivity contribution >= 4 is 11.0 Å². The SMILES string of the molecule is COCc1cc2c(nc(C)n2C)c(O)c1CC[C@@H](O)c1ccccc1C. The van der Waals surface area contributed by atoms with Crippen LogP contribution in [0.2, 0.25) is 0 Å². The Morgan fingerprint density at radius 1 is 1.23 bits per heavy atom. The Kier molecular flexibility index (Phi) is 5.30. The second kappa shape index (κ2) is 7.48. The Morgan fingerprint density at radius 3 is 2.65 bits per heavy atom. The third-order valence-corrected chi connectivity index (χ3v) is 5.09. The molecule has 0 bridgehead atoms. The van der Waals surface area contributed by atoms with Gasteiger partial charge in [0.2, 0.25) is 0 Å². The number of aryl methyl sites for hydroxylation is 3. The van der Waals surface area contributed by atoms with Crippen molar-refractivity contribution in [3.63, 3.8) is 0 Å². The number of benzene rings is 2. The second-order valence-corrected chi connectivity index (χ2v) is 6.79. The fourth-order valence-corrected chi connectivity index (χ4v) is 3.47. The molecule has 26 heavy (non-hydrogen) atoms. The van der Waals surface area contributed by atoms with Crippen molar-refractivity contribution in [1.29, 1.82) is 0 Å². The molecule has 0 fully saturated rings. The van der Waals surface area contributed by atoms with E-state index in [-0.39, 0.29) is 5.75 Å². The van der Waals surface area contributed by atoms with Gasteiger partial charge < -0.3 is 19.5 Å². The third kappa shape index (κ3) is 3.32. The van der Waals surface area contributed by atoms with E-state index in [9.17, 15) is 10.2 Å². The van der Waals surface area contributed by atoms with Gasteiger partial charge in [-0.05, 0) is 49.4 Å². The smallest absolute Gasteiger partial charge is 0.146 e. The molecule has 1 atom stereocenters. The fourth-order valence-electron chi connectivity index (χ4n) is 3.47. The first-order valence-corrected chi connectivity index (χ1v) is 8.83. The van der Waals surface area contributed by atoms with Gasteiger partial charge in [0.05, 0.1) is 18.2 Å². The molecule has 0 aliphatic rings. The van der Waals surface area contributed by atoms with Crippen LogP contribution in [0.15, 0.2) is 30.3 Å². The van der Waals surface area contributed by atoms with E-state index in [4.69, 9.17) is 4.74 Å². The van der Waals surface area contributed by atoms with E-state index >= 15 is 0 Å². The van der Waals surface area contributed by atoms with Crippen LogP contribution in [0.25, 0.3) is 11.0 Å². The molecule has 0 saturated heterocycles. The summed E-state index contributed by atoms with van der Waals surface area (Å²) < 4.78 is 7.28. The molecule has 0 amide bonds. The zero-order valence-electron chi connectivity index (χ0n) is 15.8. The number of imidazole rings is 1. The lowest BCUT2D eigenvalue weighted by Gasteiger charge is -2.16. The minimum Gasteiger partial charge on any atom is -0.505 e. The van der Waals surface area contributed by atoms with Crippen molar-refractivity contribution in [2.75, 3.05) is 7.11 Å². The van der Waals surface area contributed by atoms with Crippen LogP contribution in [-0.4, -0.2) is 26.9 Å². The molecule has 0 aliphatic carbocycles. The van der Waals surface area contributed by atoms with Gasteiger partial charge in [-0.3, -0.25) is 0 Å². The number of hydrogen-bond acceptors (Lipinski definition) is 4. The Bertz CT molecular complexity index is 931. The summed E-state index contributed by atoms with van der Waals surface area (Å²) in [6.07, 6.45) is 0.491. The number of phenolic OH excluding ortho intramolecular Hbond substituents is 1. The highest BCUT2D eigenvalue weighted by atomic mass is 16.5. The third-order valence-electron chi connectivity index (χ3n) is 5.09. The number of aliphatic hydroxyl groups is 1. The van der Waals surface area contributed by atoms with Crippen molar-refractivity contribution in [1.82, 2.24) is 9.55 Å². The van der Waals surface area contributed by atoms with Crippen molar-refractivity contribution in [3.05, 3.63) is 58.4 Å². The lowest BCUT2D eigenvalue weighted by molar-refractivity contribution is 0.165. The summed E-state index contributed by atoms with van der Waals surface area (Å²) in [6.45, 7) is 4.32. The first-order chi connectivity index (χ1) is 12.4. The van der Waals surface area contributed by atoms with Gasteiger partial charge in [0.25, 0.3) is 0 Å². The van der Waals surface area contributed by atoms with Crippen LogP contribution in [0.3, 0.4) is 0 Å². The second-order valence-electron chi connectivity index (χ2n) is 6.79. The molecule has 1 heterocycles. The highest BCUT2D eigenvalue weighted by Gasteiger charge is 2.19. The maximum Gasteiger partial charge on any atom is 0.146 e. The van der Waals surface area contributed by atoms with E-state index in [1.165, 1.54) is 0 Å². The molecule has 5 heteroatoms. The van der Waals surface area contributed by atoms with E-state index < -0.39 is 6.10 Å². The molecule has 0 spiro atoms. The van der Waals surface area contributed by atoms with Gasteiger partial charge in [-0.25, -0.2) is 4.98 Å². The molecule has 2 N–H and O–H groups in total. The van der Waals surface area contributed by atoms with Crippen LogP contribution in [0, 0.1) is 13.8 Å². The van der Waals surface area contributed by atoms with Gasteiger partial charge in [-0.2, -0.15) is 0 Å². The van der Waals surface area contributed by atoms with Crippen LogP contribution in [0.5, 0.6) is 5.75 Å². The van der Waals surface area contributed by atoms with E-state index in [1.807, 2.05) is 55.8 Å². The molecule has 1 aromatic heterocycles. The minimum atomic E-state index is -0.577. The average Bonchev–Trinajstić information content (AvgIpc) is 2.90. The van der Waals surface area contributed by atoms with Crippen LogP contribution >= 0.6 is 0 Å². The monoisotopic (exact) mass is 354 g/mol. The zero-order chi connectivity index (χ0) is 18.8. The predicted octanol–water partition coefficient (Wildman–Crippen LogP) is 3.71. The summed E-state index contributed by atoms with van der Waals surface area (Å²) >= 11 is 0. The predicted molar refractivity (Wildman–Crippen MR) is 102 cm³/mol. The maximum absolute atomic E-state index is 10.8. The zero-order valence-corrected chi connectivity index (χ0v) is 15.8. The highest BCUT2D eigenvalue weighted by molar-refractivity contribution is 5.85. The lowest BCUT2D eigenvalue weighted by atomic mass is 9.95. The van der Waals surface area contributed by atoms with Crippen molar-refractivity contribution in [2.45, 2.75) is 39.4 Å². The molecule has 0 aliphatic heterocycles. The van der Waals surface area contributed by atoms with Crippen molar-refractivity contribution in [3.8, 4) is 5.75 Å². The first kappa shape index (κ1) is 18.4. The molecule has 5 nitrogen and oxygen atoms in total. The number of fused-ring (bicyclic) bond motifs is 1. The van der Waals surface area contributed by atoms with Crippen LogP contribution in [0.4, 0.5) is 0 Å². The molecule has 0 saturated carbocycles. The molecular weight excluding hydrogens is 328 g/mol. The van der Waals surface area contributed by atoms with Gasteiger partial charge in [0.15, 0.2) is 0 Å². The topological polar surface area (TPSA) is 67.5 Å². The Morgan fingerprint density at radius 2 is 1.96 bits per heavy atom. The molecule has 3 rings (SSSR count). The quantitative estimate of drug-likeness (QED) is 0.708. The molecule has 3 aromatic rings.